The lowest BCUT2D eigenvalue weighted by molar-refractivity contribution is -0.138. The lowest BCUT2D eigenvalue weighted by Gasteiger charge is -2.39. The average molecular weight is 474 g/mol. The number of amides is 2. The SMILES string of the molecule is COc1ccc(CN2CCN(C(=O)[C@@H]3CCCN(C(=O)c4ccc(Cl)cc4)C3)CC2)cc1F. The smallest absolute Gasteiger partial charge is 0.253 e. The molecule has 0 bridgehead atoms. The molecule has 2 aliphatic heterocycles. The number of rotatable bonds is 5. The van der Waals surface area contributed by atoms with Crippen LogP contribution in [-0.4, -0.2) is 72.9 Å². The summed E-state index contributed by atoms with van der Waals surface area (Å²) in [4.78, 5) is 31.9. The van der Waals surface area contributed by atoms with Gasteiger partial charge in [0.05, 0.1) is 13.0 Å². The first kappa shape index (κ1) is 23.5. The van der Waals surface area contributed by atoms with E-state index < -0.39 is 0 Å². The van der Waals surface area contributed by atoms with Crippen LogP contribution in [0, 0.1) is 11.7 Å². The van der Waals surface area contributed by atoms with Crippen molar-refractivity contribution in [2.24, 2.45) is 5.92 Å². The molecule has 1 atom stereocenters. The summed E-state index contributed by atoms with van der Waals surface area (Å²) < 4.78 is 18.9. The molecule has 2 saturated heterocycles. The highest BCUT2D eigenvalue weighted by molar-refractivity contribution is 6.30. The molecule has 0 radical (unpaired) electrons. The molecule has 0 unspecified atom stereocenters. The van der Waals surface area contributed by atoms with Gasteiger partial charge >= 0.3 is 0 Å². The molecule has 2 heterocycles. The van der Waals surface area contributed by atoms with Crippen LogP contribution in [0.25, 0.3) is 0 Å². The monoisotopic (exact) mass is 473 g/mol. The summed E-state index contributed by atoms with van der Waals surface area (Å²) >= 11 is 5.93. The fourth-order valence-corrected chi connectivity index (χ4v) is 4.72. The number of piperidine rings is 1. The number of hydrogen-bond acceptors (Lipinski definition) is 4. The second kappa shape index (κ2) is 10.5. The van der Waals surface area contributed by atoms with Crippen molar-refractivity contribution >= 4 is 23.4 Å². The van der Waals surface area contributed by atoms with Crippen molar-refractivity contribution in [3.63, 3.8) is 0 Å². The normalized spacial score (nSPS) is 19.4. The van der Waals surface area contributed by atoms with E-state index in [1.807, 2.05) is 11.0 Å². The van der Waals surface area contributed by atoms with Gasteiger partial charge in [-0.2, -0.15) is 0 Å². The molecule has 2 aromatic carbocycles. The van der Waals surface area contributed by atoms with Crippen molar-refractivity contribution in [1.82, 2.24) is 14.7 Å². The van der Waals surface area contributed by atoms with Gasteiger partial charge in [0.2, 0.25) is 5.91 Å². The number of likely N-dealkylation sites (tertiary alicyclic amines) is 1. The molecular formula is C25H29ClFN3O3. The standard InChI is InChI=1S/C25H29ClFN3O3/c1-33-23-9-4-18(15-22(23)27)16-28-11-13-29(14-12-28)25(32)20-3-2-10-30(17-20)24(31)19-5-7-21(26)8-6-19/h4-9,15,20H,2-3,10-14,16-17H2,1H3/t20-/m1/s1. The zero-order chi connectivity index (χ0) is 23.4. The van der Waals surface area contributed by atoms with Crippen molar-refractivity contribution < 1.29 is 18.7 Å². The summed E-state index contributed by atoms with van der Waals surface area (Å²) in [5.74, 6) is -0.222. The van der Waals surface area contributed by atoms with E-state index in [-0.39, 0.29) is 29.3 Å². The summed E-state index contributed by atoms with van der Waals surface area (Å²) in [5.41, 5.74) is 1.48. The van der Waals surface area contributed by atoms with Gasteiger partial charge in [-0.15, -0.1) is 0 Å². The Morgan fingerprint density at radius 3 is 2.42 bits per heavy atom. The van der Waals surface area contributed by atoms with Gasteiger partial charge in [0, 0.05) is 56.4 Å². The number of benzene rings is 2. The molecule has 6 nitrogen and oxygen atoms in total. The van der Waals surface area contributed by atoms with E-state index in [9.17, 15) is 14.0 Å². The van der Waals surface area contributed by atoms with E-state index >= 15 is 0 Å². The highest BCUT2D eigenvalue weighted by Gasteiger charge is 2.33. The summed E-state index contributed by atoms with van der Waals surface area (Å²) in [6.07, 6.45) is 1.62. The van der Waals surface area contributed by atoms with Crippen molar-refractivity contribution in [3.8, 4) is 5.75 Å². The maximum Gasteiger partial charge on any atom is 0.253 e. The van der Waals surface area contributed by atoms with Crippen LogP contribution in [0.15, 0.2) is 42.5 Å². The lowest BCUT2D eigenvalue weighted by Crippen LogP contribution is -2.52. The van der Waals surface area contributed by atoms with Crippen LogP contribution < -0.4 is 4.74 Å². The first-order chi connectivity index (χ1) is 15.9. The third-order valence-electron chi connectivity index (χ3n) is 6.46. The number of methoxy groups -OCH3 is 1. The molecule has 0 aromatic heterocycles. The third-order valence-corrected chi connectivity index (χ3v) is 6.71. The molecule has 0 saturated carbocycles. The second-order valence-electron chi connectivity index (χ2n) is 8.67. The first-order valence-electron chi connectivity index (χ1n) is 11.3. The van der Waals surface area contributed by atoms with Crippen LogP contribution in [-0.2, 0) is 11.3 Å². The highest BCUT2D eigenvalue weighted by atomic mass is 35.5. The molecule has 0 spiro atoms. The second-order valence-corrected chi connectivity index (χ2v) is 9.10. The summed E-state index contributed by atoms with van der Waals surface area (Å²) in [5, 5.41) is 0.592. The molecule has 2 fully saturated rings. The maximum atomic E-state index is 14.0. The molecule has 0 aliphatic carbocycles. The fourth-order valence-electron chi connectivity index (χ4n) is 4.59. The number of carbonyl (C=O) groups is 2. The summed E-state index contributed by atoms with van der Waals surface area (Å²) in [6.45, 7) is 4.50. The van der Waals surface area contributed by atoms with E-state index in [4.69, 9.17) is 16.3 Å². The Kier molecular flexibility index (Phi) is 7.50. The molecule has 2 amide bonds. The van der Waals surface area contributed by atoms with Gasteiger partial charge in [0.25, 0.3) is 5.91 Å². The highest BCUT2D eigenvalue weighted by Crippen LogP contribution is 2.23. The Morgan fingerprint density at radius 1 is 1.03 bits per heavy atom. The Bertz CT molecular complexity index is 993. The summed E-state index contributed by atoms with van der Waals surface area (Å²) in [7, 11) is 1.45. The number of ether oxygens (including phenoxy) is 1. The quantitative estimate of drug-likeness (QED) is 0.664. The van der Waals surface area contributed by atoms with Gasteiger partial charge in [-0.05, 0) is 54.8 Å². The Hall–Kier alpha value is -2.64. The zero-order valence-corrected chi connectivity index (χ0v) is 19.6. The topological polar surface area (TPSA) is 53.1 Å². The van der Waals surface area contributed by atoms with Gasteiger partial charge in [0.15, 0.2) is 11.6 Å². The first-order valence-corrected chi connectivity index (χ1v) is 11.7. The van der Waals surface area contributed by atoms with Gasteiger partial charge in [-0.3, -0.25) is 14.5 Å². The van der Waals surface area contributed by atoms with Crippen LogP contribution in [0.4, 0.5) is 4.39 Å². The van der Waals surface area contributed by atoms with Crippen LogP contribution in [0.2, 0.25) is 5.02 Å². The molecule has 2 aromatic rings. The Labute approximate surface area is 198 Å². The summed E-state index contributed by atoms with van der Waals surface area (Å²) in [6, 6.07) is 11.9. The molecule has 33 heavy (non-hydrogen) atoms. The van der Waals surface area contributed by atoms with Crippen molar-refractivity contribution in [1.29, 1.82) is 0 Å². The predicted octanol–water partition coefficient (Wildman–Crippen LogP) is 3.68. The van der Waals surface area contributed by atoms with Crippen molar-refractivity contribution in [2.75, 3.05) is 46.4 Å². The van der Waals surface area contributed by atoms with E-state index in [0.717, 1.165) is 31.5 Å². The molecular weight excluding hydrogens is 445 g/mol. The third kappa shape index (κ3) is 5.65. The van der Waals surface area contributed by atoms with E-state index in [1.54, 1.807) is 35.2 Å². The van der Waals surface area contributed by atoms with Crippen LogP contribution >= 0.6 is 11.6 Å². The average Bonchev–Trinajstić information content (AvgIpc) is 2.84. The molecule has 8 heteroatoms. The van der Waals surface area contributed by atoms with Crippen molar-refractivity contribution in [2.45, 2.75) is 19.4 Å². The minimum atomic E-state index is -0.362. The maximum absolute atomic E-state index is 14.0. The van der Waals surface area contributed by atoms with Gasteiger partial charge in [0.1, 0.15) is 0 Å². The number of piperazine rings is 1. The van der Waals surface area contributed by atoms with E-state index in [0.29, 0.717) is 43.3 Å². The molecule has 4 rings (SSSR count). The number of carbonyl (C=O) groups excluding carboxylic acids is 2. The Balaban J connectivity index is 1.29. The Morgan fingerprint density at radius 2 is 1.76 bits per heavy atom. The van der Waals surface area contributed by atoms with Crippen LogP contribution in [0.3, 0.4) is 0 Å². The van der Waals surface area contributed by atoms with Gasteiger partial charge in [-0.1, -0.05) is 17.7 Å². The minimum absolute atomic E-state index is 0.0549. The zero-order valence-electron chi connectivity index (χ0n) is 18.8. The predicted molar refractivity (Wildman–Crippen MR) is 125 cm³/mol. The molecule has 2 aliphatic rings. The minimum Gasteiger partial charge on any atom is -0.494 e. The van der Waals surface area contributed by atoms with E-state index in [2.05, 4.69) is 4.90 Å². The van der Waals surface area contributed by atoms with Crippen LogP contribution in [0.1, 0.15) is 28.8 Å². The lowest BCUT2D eigenvalue weighted by atomic mass is 9.95. The molecule has 0 N–H and O–H groups in total. The molecule has 176 valence electrons. The van der Waals surface area contributed by atoms with Gasteiger partial charge in [-0.25, -0.2) is 4.39 Å². The number of hydrogen-bond donors (Lipinski definition) is 0. The largest absolute Gasteiger partial charge is 0.494 e. The van der Waals surface area contributed by atoms with Crippen LogP contribution in [0.5, 0.6) is 5.75 Å². The van der Waals surface area contributed by atoms with E-state index in [1.165, 1.54) is 13.2 Å². The number of nitrogens with zero attached hydrogens (tertiary/aromatic N) is 3. The van der Waals surface area contributed by atoms with Gasteiger partial charge < -0.3 is 14.5 Å². The number of halogens is 2. The van der Waals surface area contributed by atoms with Crippen molar-refractivity contribution in [3.05, 3.63) is 64.4 Å². The fraction of sp³-hybridized carbons (Fsp3) is 0.440.